The van der Waals surface area contributed by atoms with E-state index in [0.717, 1.165) is 17.0 Å². The first-order valence-electron chi connectivity index (χ1n) is 4.22. The van der Waals surface area contributed by atoms with Crippen molar-refractivity contribution in [1.82, 2.24) is 24.6 Å². The van der Waals surface area contributed by atoms with Crippen molar-refractivity contribution in [2.75, 3.05) is 0 Å². The van der Waals surface area contributed by atoms with Gasteiger partial charge in [-0.1, -0.05) is 0 Å². The lowest BCUT2D eigenvalue weighted by Crippen LogP contribution is -1.92. The lowest BCUT2D eigenvalue weighted by Gasteiger charge is -1.99. The number of imidazole rings is 1. The Balaban J connectivity index is 2.36. The summed E-state index contributed by atoms with van der Waals surface area (Å²) in [7, 11) is 0. The molecule has 5 heteroatoms. The molecule has 0 amide bonds. The first-order valence-corrected chi connectivity index (χ1v) is 4.22. The van der Waals surface area contributed by atoms with Crippen LogP contribution in [0.2, 0.25) is 0 Å². The molecule has 0 atom stereocenters. The van der Waals surface area contributed by atoms with Crippen LogP contribution in [0.15, 0.2) is 37.1 Å². The summed E-state index contributed by atoms with van der Waals surface area (Å²) >= 11 is 0. The van der Waals surface area contributed by atoms with Gasteiger partial charge in [-0.05, 0) is 6.07 Å². The molecule has 5 nitrogen and oxygen atoms in total. The normalized spacial score (nSPS) is 10.9. The number of H-pyrrole nitrogens is 1. The predicted octanol–water partition coefficient (Wildman–Crippen LogP) is 1.12. The molecule has 68 valence electrons. The first-order chi connectivity index (χ1) is 6.95. The number of nitrogens with zero attached hydrogens (tertiary/aromatic N) is 4. The maximum absolute atomic E-state index is 4.28. The van der Waals surface area contributed by atoms with Gasteiger partial charge in [-0.15, -0.1) is 0 Å². The van der Waals surface area contributed by atoms with E-state index in [1.807, 2.05) is 22.9 Å². The highest BCUT2D eigenvalue weighted by atomic mass is 15.1. The monoisotopic (exact) mass is 185 g/mol. The highest BCUT2D eigenvalue weighted by molar-refractivity contribution is 5.57. The maximum atomic E-state index is 4.28. The van der Waals surface area contributed by atoms with Gasteiger partial charge in [-0.2, -0.15) is 5.10 Å². The van der Waals surface area contributed by atoms with E-state index in [2.05, 4.69) is 20.2 Å². The summed E-state index contributed by atoms with van der Waals surface area (Å²) in [5.74, 6) is 0.841. The Morgan fingerprint density at radius 2 is 2.21 bits per heavy atom. The molecule has 3 rings (SSSR count). The fourth-order valence-corrected chi connectivity index (χ4v) is 1.44. The van der Waals surface area contributed by atoms with Crippen molar-refractivity contribution in [3.05, 3.63) is 37.1 Å². The van der Waals surface area contributed by atoms with Gasteiger partial charge in [-0.3, -0.25) is 9.50 Å². The van der Waals surface area contributed by atoms with Gasteiger partial charge in [0, 0.05) is 24.8 Å². The molecule has 0 aliphatic rings. The van der Waals surface area contributed by atoms with Crippen molar-refractivity contribution >= 4 is 5.65 Å². The van der Waals surface area contributed by atoms with E-state index in [1.54, 1.807) is 18.6 Å². The second-order valence-corrected chi connectivity index (χ2v) is 2.91. The summed E-state index contributed by atoms with van der Waals surface area (Å²) in [5.41, 5.74) is 1.84. The number of hydrogen-bond donors (Lipinski definition) is 1. The zero-order valence-electron chi connectivity index (χ0n) is 7.25. The molecule has 3 aromatic heterocycles. The van der Waals surface area contributed by atoms with Gasteiger partial charge in [-0.25, -0.2) is 9.97 Å². The maximum Gasteiger partial charge on any atom is 0.148 e. The number of nitrogens with one attached hydrogen (secondary N) is 1. The third kappa shape index (κ3) is 0.922. The average Bonchev–Trinajstić information content (AvgIpc) is 2.88. The van der Waals surface area contributed by atoms with Crippen molar-refractivity contribution in [3.8, 4) is 11.4 Å². The smallest absolute Gasteiger partial charge is 0.148 e. The zero-order valence-corrected chi connectivity index (χ0v) is 7.25. The predicted molar refractivity (Wildman–Crippen MR) is 50.6 cm³/mol. The van der Waals surface area contributed by atoms with E-state index in [-0.39, 0.29) is 0 Å². The molecule has 0 radical (unpaired) electrons. The van der Waals surface area contributed by atoms with Crippen LogP contribution in [-0.4, -0.2) is 24.6 Å². The summed E-state index contributed by atoms with van der Waals surface area (Å²) in [6, 6.07) is 1.86. The molecule has 3 aromatic rings. The zero-order chi connectivity index (χ0) is 9.38. The van der Waals surface area contributed by atoms with Crippen molar-refractivity contribution in [3.63, 3.8) is 0 Å². The van der Waals surface area contributed by atoms with Crippen LogP contribution in [0.1, 0.15) is 0 Å². The fourth-order valence-electron chi connectivity index (χ4n) is 1.44. The lowest BCUT2D eigenvalue weighted by molar-refractivity contribution is 1.09. The van der Waals surface area contributed by atoms with Crippen LogP contribution in [0, 0.1) is 0 Å². The topological polar surface area (TPSA) is 58.9 Å². The summed E-state index contributed by atoms with van der Waals surface area (Å²) in [6.07, 6.45) is 8.92. The van der Waals surface area contributed by atoms with E-state index in [9.17, 15) is 0 Å². The molecule has 1 N–H and O–H groups in total. The van der Waals surface area contributed by atoms with Crippen LogP contribution in [0.3, 0.4) is 0 Å². The van der Waals surface area contributed by atoms with Crippen LogP contribution in [0.5, 0.6) is 0 Å². The molecule has 3 heterocycles. The van der Waals surface area contributed by atoms with Gasteiger partial charge in [0.15, 0.2) is 0 Å². The lowest BCUT2D eigenvalue weighted by atomic mass is 10.3. The third-order valence-electron chi connectivity index (χ3n) is 2.07. The van der Waals surface area contributed by atoms with Gasteiger partial charge in [0.2, 0.25) is 0 Å². The molecule has 0 spiro atoms. The second kappa shape index (κ2) is 2.66. The van der Waals surface area contributed by atoms with Crippen LogP contribution < -0.4 is 0 Å². The number of rotatable bonds is 1. The highest BCUT2D eigenvalue weighted by Gasteiger charge is 2.04. The van der Waals surface area contributed by atoms with Crippen LogP contribution >= 0.6 is 0 Å². The average molecular weight is 185 g/mol. The Morgan fingerprint density at radius 1 is 1.21 bits per heavy atom. The number of aromatic amines is 1. The van der Waals surface area contributed by atoms with E-state index >= 15 is 0 Å². The van der Waals surface area contributed by atoms with Crippen molar-refractivity contribution in [1.29, 1.82) is 0 Å². The molecule has 0 aliphatic carbocycles. The summed E-state index contributed by atoms with van der Waals surface area (Å²) in [5, 5.41) is 6.65. The Bertz CT molecular complexity index is 551. The van der Waals surface area contributed by atoms with Crippen LogP contribution in [0.25, 0.3) is 17.0 Å². The summed E-state index contributed by atoms with van der Waals surface area (Å²) < 4.78 is 1.92. The molecule has 0 aliphatic heterocycles. The van der Waals surface area contributed by atoms with E-state index < -0.39 is 0 Å². The molecule has 0 saturated heterocycles. The van der Waals surface area contributed by atoms with Crippen LogP contribution in [-0.2, 0) is 0 Å². The number of aromatic nitrogens is 5. The number of hydrogen-bond acceptors (Lipinski definition) is 3. The van der Waals surface area contributed by atoms with Crippen LogP contribution in [0.4, 0.5) is 0 Å². The van der Waals surface area contributed by atoms with Crippen molar-refractivity contribution < 1.29 is 0 Å². The van der Waals surface area contributed by atoms with Crippen molar-refractivity contribution in [2.24, 2.45) is 0 Å². The molecule has 0 unspecified atom stereocenters. The molecule has 0 bridgehead atoms. The minimum Gasteiger partial charge on any atom is -0.285 e. The molecular weight excluding hydrogens is 178 g/mol. The summed E-state index contributed by atoms with van der Waals surface area (Å²) in [4.78, 5) is 8.47. The van der Waals surface area contributed by atoms with Crippen molar-refractivity contribution in [2.45, 2.75) is 0 Å². The first kappa shape index (κ1) is 7.25. The largest absolute Gasteiger partial charge is 0.285 e. The highest BCUT2D eigenvalue weighted by Crippen LogP contribution is 2.15. The number of fused-ring (bicyclic) bond motifs is 1. The molecule has 0 saturated carbocycles. The Hall–Kier alpha value is -2.17. The van der Waals surface area contributed by atoms with Gasteiger partial charge in [0.1, 0.15) is 11.5 Å². The Labute approximate surface area is 79.4 Å². The van der Waals surface area contributed by atoms with Gasteiger partial charge < -0.3 is 0 Å². The van der Waals surface area contributed by atoms with Gasteiger partial charge in [0.25, 0.3) is 0 Å². The van der Waals surface area contributed by atoms with E-state index in [4.69, 9.17) is 0 Å². The van der Waals surface area contributed by atoms with E-state index in [1.165, 1.54) is 0 Å². The standard InChI is InChI=1S/C9H7N5/c1-2-11-9(7-5-12-13-6-7)14-4-3-10-8(1)14/h1-6H,(H,12,13). The third-order valence-corrected chi connectivity index (χ3v) is 2.07. The Morgan fingerprint density at radius 3 is 3.07 bits per heavy atom. The minimum atomic E-state index is 0.841. The Kier molecular flexibility index (Phi) is 1.38. The summed E-state index contributed by atoms with van der Waals surface area (Å²) in [6.45, 7) is 0. The van der Waals surface area contributed by atoms with Gasteiger partial charge >= 0.3 is 0 Å². The molecule has 14 heavy (non-hydrogen) atoms. The quantitative estimate of drug-likeness (QED) is 0.618. The van der Waals surface area contributed by atoms with E-state index in [0.29, 0.717) is 0 Å². The minimum absolute atomic E-state index is 0.841. The second-order valence-electron chi connectivity index (χ2n) is 2.91. The van der Waals surface area contributed by atoms with Gasteiger partial charge in [0.05, 0.1) is 11.8 Å². The molecular formula is C9H7N5. The fraction of sp³-hybridized carbons (Fsp3) is 0. The SMILES string of the molecule is c1cc2nccn2c(-c2cn[nH]c2)n1. The molecule has 0 aromatic carbocycles. The molecule has 0 fully saturated rings.